The Bertz CT molecular complexity index is 554. The molecule has 2 N–H and O–H groups in total. The molecule has 0 bridgehead atoms. The number of piperidine rings is 1. The number of nitrogens with zero attached hydrogens (tertiary/aromatic N) is 1. The number of halogens is 3. The smallest absolute Gasteiger partial charge is 0.243 e. The predicted molar refractivity (Wildman–Crippen MR) is 82.4 cm³/mol. The van der Waals surface area contributed by atoms with Gasteiger partial charge in [-0.2, -0.15) is 4.31 Å². The summed E-state index contributed by atoms with van der Waals surface area (Å²) in [6.45, 7) is 0.902. The van der Waals surface area contributed by atoms with Crippen molar-refractivity contribution in [1.82, 2.24) is 4.31 Å². The zero-order valence-electron chi connectivity index (χ0n) is 10.1. The maximum absolute atomic E-state index is 12.4. The topological polar surface area (TPSA) is 63.4 Å². The van der Waals surface area contributed by atoms with Crippen molar-refractivity contribution in [2.75, 3.05) is 13.1 Å². The lowest BCUT2D eigenvalue weighted by Gasteiger charge is -2.29. The Labute approximate surface area is 132 Å². The van der Waals surface area contributed by atoms with Gasteiger partial charge in [-0.1, -0.05) is 11.6 Å². The molecule has 1 heterocycles. The molecule has 2 rings (SSSR count). The number of nitrogens with two attached hydrogens (primary N) is 1. The van der Waals surface area contributed by atoms with Crippen LogP contribution in [0.3, 0.4) is 0 Å². The van der Waals surface area contributed by atoms with Crippen molar-refractivity contribution >= 4 is 50.0 Å². The fourth-order valence-corrected chi connectivity index (χ4v) is 4.19. The van der Waals surface area contributed by atoms with Gasteiger partial charge in [-0.15, -0.1) is 12.4 Å². The summed E-state index contributed by atoms with van der Waals surface area (Å²) in [6.07, 6.45) is 1.67. The van der Waals surface area contributed by atoms with E-state index in [-0.39, 0.29) is 23.3 Å². The van der Waals surface area contributed by atoms with Crippen molar-refractivity contribution in [1.29, 1.82) is 0 Å². The minimum absolute atomic E-state index is 0. The molecule has 1 aromatic rings. The molecule has 1 saturated heterocycles. The van der Waals surface area contributed by atoms with Crippen molar-refractivity contribution in [2.45, 2.75) is 23.8 Å². The summed E-state index contributed by atoms with van der Waals surface area (Å²) in [5.41, 5.74) is 5.82. The highest BCUT2D eigenvalue weighted by Crippen LogP contribution is 2.27. The molecule has 1 atom stereocenters. The number of benzene rings is 1. The summed E-state index contributed by atoms with van der Waals surface area (Å²) < 4.78 is 26.8. The van der Waals surface area contributed by atoms with E-state index in [0.717, 1.165) is 12.8 Å². The van der Waals surface area contributed by atoms with Gasteiger partial charge in [0.05, 0.1) is 9.92 Å². The highest BCUT2D eigenvalue weighted by molar-refractivity contribution is 9.10. The summed E-state index contributed by atoms with van der Waals surface area (Å²) in [6, 6.07) is 4.53. The third-order valence-corrected chi connectivity index (χ3v) is 6.02. The summed E-state index contributed by atoms with van der Waals surface area (Å²) in [7, 11) is -3.47. The zero-order chi connectivity index (χ0) is 13.3. The molecule has 1 unspecified atom stereocenters. The molecule has 0 spiro atoms. The van der Waals surface area contributed by atoms with Crippen LogP contribution < -0.4 is 5.73 Å². The molecule has 0 aromatic heterocycles. The van der Waals surface area contributed by atoms with Crippen molar-refractivity contribution in [3.8, 4) is 0 Å². The van der Waals surface area contributed by atoms with Crippen LogP contribution in [0.15, 0.2) is 27.6 Å². The first-order valence-electron chi connectivity index (χ1n) is 5.62. The SMILES string of the molecule is Cl.NC1CCCN(S(=O)(=O)c2ccc(Cl)c(Br)c2)C1. The summed E-state index contributed by atoms with van der Waals surface area (Å²) in [5.74, 6) is 0. The van der Waals surface area contributed by atoms with Gasteiger partial charge < -0.3 is 5.73 Å². The van der Waals surface area contributed by atoms with Crippen LogP contribution in [0.5, 0.6) is 0 Å². The van der Waals surface area contributed by atoms with Crippen LogP contribution in [0.25, 0.3) is 0 Å². The first-order chi connectivity index (χ1) is 8.41. The van der Waals surface area contributed by atoms with Crippen LogP contribution in [-0.2, 0) is 10.0 Å². The van der Waals surface area contributed by atoms with Crippen LogP contribution in [0.4, 0.5) is 0 Å². The molecular formula is C11H15BrCl2N2O2S. The second-order valence-corrected chi connectivity index (χ2v) is 7.54. The van der Waals surface area contributed by atoms with Gasteiger partial charge in [0.15, 0.2) is 0 Å². The van der Waals surface area contributed by atoms with Gasteiger partial charge in [0, 0.05) is 23.6 Å². The molecule has 4 nitrogen and oxygen atoms in total. The van der Waals surface area contributed by atoms with E-state index in [0.29, 0.717) is 22.6 Å². The fraction of sp³-hybridized carbons (Fsp3) is 0.455. The molecule has 1 aromatic carbocycles. The van der Waals surface area contributed by atoms with E-state index in [4.69, 9.17) is 17.3 Å². The van der Waals surface area contributed by atoms with E-state index in [9.17, 15) is 8.42 Å². The molecule has 19 heavy (non-hydrogen) atoms. The van der Waals surface area contributed by atoms with Gasteiger partial charge in [-0.3, -0.25) is 0 Å². The second kappa shape index (κ2) is 6.74. The molecule has 0 amide bonds. The standard InChI is InChI=1S/C11H14BrClN2O2S.ClH/c12-10-6-9(3-4-11(10)13)18(16,17)15-5-1-2-8(14)7-15;/h3-4,6,8H,1-2,5,7,14H2;1H. The second-order valence-electron chi connectivity index (χ2n) is 4.34. The molecular weight excluding hydrogens is 375 g/mol. The molecule has 8 heteroatoms. The van der Waals surface area contributed by atoms with Crippen molar-refractivity contribution in [2.24, 2.45) is 5.73 Å². The molecule has 0 aliphatic carbocycles. The van der Waals surface area contributed by atoms with Gasteiger partial charge in [-0.25, -0.2) is 8.42 Å². The average Bonchev–Trinajstić information content (AvgIpc) is 2.32. The van der Waals surface area contributed by atoms with Crippen molar-refractivity contribution < 1.29 is 8.42 Å². The minimum Gasteiger partial charge on any atom is -0.327 e. The number of hydrogen-bond donors (Lipinski definition) is 1. The summed E-state index contributed by atoms with van der Waals surface area (Å²) in [5, 5.41) is 0.490. The Kier molecular flexibility index (Phi) is 6.10. The first-order valence-corrected chi connectivity index (χ1v) is 8.23. The Morgan fingerprint density at radius 3 is 2.68 bits per heavy atom. The highest BCUT2D eigenvalue weighted by atomic mass is 79.9. The maximum Gasteiger partial charge on any atom is 0.243 e. The van der Waals surface area contributed by atoms with Crippen LogP contribution in [0.1, 0.15) is 12.8 Å². The Morgan fingerprint density at radius 1 is 1.42 bits per heavy atom. The van der Waals surface area contributed by atoms with E-state index in [1.807, 2.05) is 0 Å². The summed E-state index contributed by atoms with van der Waals surface area (Å²) in [4.78, 5) is 0.243. The van der Waals surface area contributed by atoms with E-state index in [1.165, 1.54) is 16.4 Å². The Balaban J connectivity index is 0.00000180. The lowest BCUT2D eigenvalue weighted by molar-refractivity contribution is 0.316. The number of rotatable bonds is 2. The van der Waals surface area contributed by atoms with Crippen LogP contribution in [0.2, 0.25) is 5.02 Å². The normalized spacial score (nSPS) is 20.9. The van der Waals surface area contributed by atoms with E-state index in [2.05, 4.69) is 15.9 Å². The van der Waals surface area contributed by atoms with Crippen LogP contribution in [-0.4, -0.2) is 31.9 Å². The molecule has 0 saturated carbocycles. The quantitative estimate of drug-likeness (QED) is 0.845. The van der Waals surface area contributed by atoms with Gasteiger partial charge in [0.2, 0.25) is 10.0 Å². The molecule has 108 valence electrons. The first kappa shape index (κ1) is 17.2. The largest absolute Gasteiger partial charge is 0.327 e. The van der Waals surface area contributed by atoms with Gasteiger partial charge in [0.25, 0.3) is 0 Å². The van der Waals surface area contributed by atoms with E-state index in [1.54, 1.807) is 6.07 Å². The van der Waals surface area contributed by atoms with Crippen molar-refractivity contribution in [3.63, 3.8) is 0 Å². The molecule has 0 radical (unpaired) electrons. The molecule has 1 aliphatic rings. The number of hydrogen-bond acceptors (Lipinski definition) is 3. The van der Waals surface area contributed by atoms with Crippen LogP contribution >= 0.6 is 39.9 Å². The molecule has 1 fully saturated rings. The average molecular weight is 390 g/mol. The van der Waals surface area contributed by atoms with Crippen LogP contribution in [0, 0.1) is 0 Å². The minimum atomic E-state index is -3.47. The molecule has 1 aliphatic heterocycles. The fourth-order valence-electron chi connectivity index (χ4n) is 1.98. The zero-order valence-corrected chi connectivity index (χ0v) is 14.0. The van der Waals surface area contributed by atoms with Gasteiger partial charge in [0.1, 0.15) is 0 Å². The third-order valence-electron chi connectivity index (χ3n) is 2.95. The monoisotopic (exact) mass is 388 g/mol. The van der Waals surface area contributed by atoms with Crippen molar-refractivity contribution in [3.05, 3.63) is 27.7 Å². The summed E-state index contributed by atoms with van der Waals surface area (Å²) >= 11 is 9.10. The predicted octanol–water partition coefficient (Wildman–Crippen LogP) is 2.64. The lowest BCUT2D eigenvalue weighted by atomic mass is 10.1. The van der Waals surface area contributed by atoms with E-state index >= 15 is 0 Å². The van der Waals surface area contributed by atoms with Gasteiger partial charge in [-0.05, 0) is 47.0 Å². The van der Waals surface area contributed by atoms with E-state index < -0.39 is 10.0 Å². The lowest BCUT2D eigenvalue weighted by Crippen LogP contribution is -2.45. The maximum atomic E-state index is 12.4. The Morgan fingerprint density at radius 2 is 2.11 bits per heavy atom. The Hall–Kier alpha value is 0.150. The van der Waals surface area contributed by atoms with Gasteiger partial charge >= 0.3 is 0 Å². The highest BCUT2D eigenvalue weighted by Gasteiger charge is 2.29. The third kappa shape index (κ3) is 3.83. The number of sulfonamides is 1.